The van der Waals surface area contributed by atoms with Gasteiger partial charge in [0.2, 0.25) is 11.9 Å². The number of ether oxygens (including phenoxy) is 1. The van der Waals surface area contributed by atoms with Crippen LogP contribution in [0.3, 0.4) is 0 Å². The maximum Gasteiger partial charge on any atom is 0.248 e. The highest BCUT2D eigenvalue weighted by molar-refractivity contribution is 5.93. The zero-order valence-corrected chi connectivity index (χ0v) is 13.4. The maximum absolute atomic E-state index is 12.4. The van der Waals surface area contributed by atoms with Gasteiger partial charge in [0.1, 0.15) is 17.6 Å². The van der Waals surface area contributed by atoms with Crippen LogP contribution in [0.5, 0.6) is 5.75 Å². The highest BCUT2D eigenvalue weighted by Crippen LogP contribution is 2.38. The number of hydrogen-bond acceptors (Lipinski definition) is 6. The minimum Gasteiger partial charge on any atom is -0.497 e. The van der Waals surface area contributed by atoms with Crippen LogP contribution in [0.25, 0.3) is 0 Å². The molecule has 0 spiro atoms. The van der Waals surface area contributed by atoms with E-state index in [-0.39, 0.29) is 18.0 Å². The van der Waals surface area contributed by atoms with Crippen molar-refractivity contribution < 1.29 is 9.53 Å². The number of rotatable bonds is 5. The Kier molecular flexibility index (Phi) is 3.91. The van der Waals surface area contributed by atoms with Crippen molar-refractivity contribution >= 4 is 11.9 Å². The van der Waals surface area contributed by atoms with Crippen LogP contribution >= 0.6 is 0 Å². The lowest BCUT2D eigenvalue weighted by Gasteiger charge is -2.11. The second-order valence-electron chi connectivity index (χ2n) is 6.21. The molecule has 1 aromatic carbocycles. The molecule has 2 heterocycles. The SMILES string of the molecule is COc1cccc(C2CC(C(=O)Nc3n[nH]c(C4CC4)n3)NN2)c1. The van der Waals surface area contributed by atoms with Gasteiger partial charge in [-0.1, -0.05) is 12.1 Å². The molecule has 1 amide bonds. The van der Waals surface area contributed by atoms with Gasteiger partial charge in [-0.3, -0.25) is 15.2 Å². The van der Waals surface area contributed by atoms with Crippen molar-refractivity contribution in [1.82, 2.24) is 26.0 Å². The highest BCUT2D eigenvalue weighted by Gasteiger charge is 2.32. The van der Waals surface area contributed by atoms with Crippen molar-refractivity contribution in [3.63, 3.8) is 0 Å². The average molecular weight is 328 g/mol. The molecule has 1 saturated heterocycles. The van der Waals surface area contributed by atoms with Gasteiger partial charge in [-0.15, -0.1) is 5.10 Å². The number of nitrogens with zero attached hydrogens (tertiary/aromatic N) is 2. The van der Waals surface area contributed by atoms with Crippen LogP contribution in [0.2, 0.25) is 0 Å². The van der Waals surface area contributed by atoms with Crippen molar-refractivity contribution in [1.29, 1.82) is 0 Å². The number of aromatic amines is 1. The summed E-state index contributed by atoms with van der Waals surface area (Å²) in [6.07, 6.45) is 2.91. The van der Waals surface area contributed by atoms with Crippen molar-refractivity contribution in [2.75, 3.05) is 12.4 Å². The normalized spacial score (nSPS) is 23.2. The lowest BCUT2D eigenvalue weighted by molar-refractivity contribution is -0.117. The molecular weight excluding hydrogens is 308 g/mol. The summed E-state index contributed by atoms with van der Waals surface area (Å²) in [6, 6.07) is 7.53. The van der Waals surface area contributed by atoms with Gasteiger partial charge < -0.3 is 4.74 Å². The van der Waals surface area contributed by atoms with Crippen LogP contribution in [0.15, 0.2) is 24.3 Å². The van der Waals surface area contributed by atoms with Gasteiger partial charge in [0.05, 0.1) is 7.11 Å². The molecule has 2 fully saturated rings. The largest absolute Gasteiger partial charge is 0.497 e. The molecule has 4 rings (SSSR count). The first-order valence-corrected chi connectivity index (χ1v) is 8.11. The van der Waals surface area contributed by atoms with E-state index < -0.39 is 0 Å². The number of carbonyl (C=O) groups excluding carboxylic acids is 1. The summed E-state index contributed by atoms with van der Waals surface area (Å²) in [6.45, 7) is 0. The summed E-state index contributed by atoms with van der Waals surface area (Å²) in [5.74, 6) is 2.34. The van der Waals surface area contributed by atoms with Crippen LogP contribution in [0.1, 0.15) is 42.6 Å². The molecule has 1 aliphatic carbocycles. The molecule has 1 aliphatic heterocycles. The number of hydrogen-bond donors (Lipinski definition) is 4. The van der Waals surface area contributed by atoms with Crippen LogP contribution < -0.4 is 20.9 Å². The van der Waals surface area contributed by atoms with E-state index in [9.17, 15) is 4.79 Å². The Hall–Kier alpha value is -2.45. The summed E-state index contributed by atoms with van der Waals surface area (Å²) in [7, 11) is 1.64. The standard InChI is InChI=1S/C16H20N6O2/c1-24-11-4-2-3-10(7-11)12-8-13(20-19-12)15(23)18-16-17-14(21-22-16)9-5-6-9/h2-4,7,9,12-13,19-20H,5-6,8H2,1H3,(H2,17,18,21,22,23). The van der Waals surface area contributed by atoms with E-state index in [1.807, 2.05) is 24.3 Å². The van der Waals surface area contributed by atoms with Gasteiger partial charge in [0.15, 0.2) is 0 Å². The third-order valence-corrected chi connectivity index (χ3v) is 4.42. The van der Waals surface area contributed by atoms with Crippen molar-refractivity contribution in [3.8, 4) is 5.75 Å². The Morgan fingerprint density at radius 2 is 2.21 bits per heavy atom. The van der Waals surface area contributed by atoms with E-state index in [0.717, 1.165) is 30.0 Å². The molecule has 8 nitrogen and oxygen atoms in total. The van der Waals surface area contributed by atoms with Crippen LogP contribution in [-0.4, -0.2) is 34.2 Å². The van der Waals surface area contributed by atoms with Gasteiger partial charge >= 0.3 is 0 Å². The Bertz CT molecular complexity index is 742. The van der Waals surface area contributed by atoms with Crippen LogP contribution in [-0.2, 0) is 4.79 Å². The summed E-state index contributed by atoms with van der Waals surface area (Å²) < 4.78 is 5.25. The first-order chi connectivity index (χ1) is 11.7. The van der Waals surface area contributed by atoms with Crippen molar-refractivity contribution in [3.05, 3.63) is 35.7 Å². The molecule has 1 aromatic heterocycles. The number of anilines is 1. The van der Waals surface area contributed by atoms with E-state index >= 15 is 0 Å². The van der Waals surface area contributed by atoms with Gasteiger partial charge in [-0.2, -0.15) is 4.98 Å². The van der Waals surface area contributed by atoms with E-state index in [0.29, 0.717) is 18.3 Å². The molecule has 8 heteroatoms. The van der Waals surface area contributed by atoms with E-state index in [1.165, 1.54) is 0 Å². The second-order valence-corrected chi connectivity index (χ2v) is 6.21. The summed E-state index contributed by atoms with van der Waals surface area (Å²) in [5, 5.41) is 9.70. The predicted molar refractivity (Wildman–Crippen MR) is 87.4 cm³/mol. The van der Waals surface area contributed by atoms with Gasteiger partial charge in [0.25, 0.3) is 0 Å². The highest BCUT2D eigenvalue weighted by atomic mass is 16.5. The third-order valence-electron chi connectivity index (χ3n) is 4.42. The fourth-order valence-electron chi connectivity index (χ4n) is 2.87. The first kappa shape index (κ1) is 15.1. The number of benzene rings is 1. The van der Waals surface area contributed by atoms with Gasteiger partial charge in [-0.25, -0.2) is 10.9 Å². The van der Waals surface area contributed by atoms with Crippen LogP contribution in [0, 0.1) is 0 Å². The number of methoxy groups -OCH3 is 1. The smallest absolute Gasteiger partial charge is 0.248 e. The molecule has 2 atom stereocenters. The van der Waals surface area contributed by atoms with E-state index in [4.69, 9.17) is 4.74 Å². The molecule has 2 aromatic rings. The summed E-state index contributed by atoms with van der Waals surface area (Å²) >= 11 is 0. The first-order valence-electron chi connectivity index (χ1n) is 8.11. The number of aromatic nitrogens is 3. The summed E-state index contributed by atoms with van der Waals surface area (Å²) in [5.41, 5.74) is 7.27. The maximum atomic E-state index is 12.4. The zero-order valence-electron chi connectivity index (χ0n) is 13.4. The molecular formula is C16H20N6O2. The molecule has 2 unspecified atom stereocenters. The molecule has 126 valence electrons. The van der Waals surface area contributed by atoms with E-state index in [1.54, 1.807) is 7.11 Å². The van der Waals surface area contributed by atoms with Crippen molar-refractivity contribution in [2.24, 2.45) is 0 Å². The Labute approximate surface area is 139 Å². The predicted octanol–water partition coefficient (Wildman–Crippen LogP) is 1.24. The van der Waals surface area contributed by atoms with Crippen molar-refractivity contribution in [2.45, 2.75) is 37.3 Å². The third kappa shape index (κ3) is 3.10. The molecule has 24 heavy (non-hydrogen) atoms. The Morgan fingerprint density at radius 1 is 1.33 bits per heavy atom. The number of hydrazine groups is 1. The fourth-order valence-corrected chi connectivity index (χ4v) is 2.87. The van der Waals surface area contributed by atoms with Gasteiger partial charge in [-0.05, 0) is 37.0 Å². The second kappa shape index (κ2) is 6.21. The Balaban J connectivity index is 1.37. The molecule has 0 radical (unpaired) electrons. The zero-order chi connectivity index (χ0) is 16.5. The lowest BCUT2D eigenvalue weighted by Crippen LogP contribution is -2.39. The fraction of sp³-hybridized carbons (Fsp3) is 0.438. The molecule has 2 aliphatic rings. The Morgan fingerprint density at radius 3 is 3.00 bits per heavy atom. The minimum atomic E-state index is -0.343. The number of amides is 1. The topological polar surface area (TPSA) is 104 Å². The number of carbonyl (C=O) groups is 1. The average Bonchev–Trinajstić information content (AvgIpc) is 3.15. The minimum absolute atomic E-state index is 0.0463. The number of H-pyrrole nitrogens is 1. The number of nitrogens with one attached hydrogen (secondary N) is 4. The van der Waals surface area contributed by atoms with Gasteiger partial charge in [0, 0.05) is 12.0 Å². The summed E-state index contributed by atoms with van der Waals surface area (Å²) in [4.78, 5) is 16.7. The molecule has 4 N–H and O–H groups in total. The molecule has 1 saturated carbocycles. The van der Waals surface area contributed by atoms with Crippen LogP contribution in [0.4, 0.5) is 5.95 Å². The van der Waals surface area contributed by atoms with E-state index in [2.05, 4.69) is 31.3 Å². The lowest BCUT2D eigenvalue weighted by atomic mass is 10.0. The quantitative estimate of drug-likeness (QED) is 0.658. The monoisotopic (exact) mass is 328 g/mol. The molecule has 0 bridgehead atoms.